The summed E-state index contributed by atoms with van der Waals surface area (Å²) in [4.78, 5) is 10.9. The number of nitrogens with zero attached hydrogens (tertiary/aromatic N) is 1. The number of likely N-dealkylation sites (N-methyl/N-ethyl adjacent to an activating group) is 1. The zero-order valence-corrected chi connectivity index (χ0v) is 11.3. The van der Waals surface area contributed by atoms with Gasteiger partial charge in [0.15, 0.2) is 11.5 Å². The number of benzene rings is 1. The van der Waals surface area contributed by atoms with E-state index in [1.54, 1.807) is 6.07 Å². The van der Waals surface area contributed by atoms with Crippen LogP contribution in [0.15, 0.2) is 18.2 Å². The first kappa shape index (κ1) is 14.3. The third-order valence-electron chi connectivity index (χ3n) is 2.43. The molecule has 1 rings (SSSR count). The number of methoxy groups -OCH3 is 1. The molecule has 0 aliphatic heterocycles. The van der Waals surface area contributed by atoms with Crippen molar-refractivity contribution >= 4 is 5.97 Å². The van der Waals surface area contributed by atoms with Crippen molar-refractivity contribution < 1.29 is 23.9 Å². The third-order valence-corrected chi connectivity index (χ3v) is 2.43. The largest absolute Gasteiger partial charge is 0.493 e. The van der Waals surface area contributed by atoms with E-state index in [1.807, 2.05) is 0 Å². The molecule has 0 aliphatic carbocycles. The number of ether oxygens (including phenoxy) is 2. The first-order chi connectivity index (χ1) is 8.33. The Labute approximate surface area is 107 Å². The Morgan fingerprint density at radius 2 is 1.94 bits per heavy atom. The van der Waals surface area contributed by atoms with Crippen LogP contribution in [0.5, 0.6) is 11.5 Å². The molecule has 1 aromatic rings. The Balaban J connectivity index is 2.78. The number of hydrogen-bond donors (Lipinski definition) is 1. The van der Waals surface area contributed by atoms with E-state index in [2.05, 4.69) is 21.1 Å². The van der Waals surface area contributed by atoms with Gasteiger partial charge in [0.25, 0.3) is 0 Å². The van der Waals surface area contributed by atoms with Crippen molar-refractivity contribution in [1.82, 2.24) is 0 Å². The minimum atomic E-state index is -0.978. The van der Waals surface area contributed by atoms with Crippen LogP contribution < -0.4 is 9.47 Å². The van der Waals surface area contributed by atoms with Crippen molar-refractivity contribution in [3.63, 3.8) is 0 Å². The predicted molar refractivity (Wildman–Crippen MR) is 68.3 cm³/mol. The van der Waals surface area contributed by atoms with Crippen molar-refractivity contribution in [2.45, 2.75) is 0 Å². The van der Waals surface area contributed by atoms with Crippen molar-refractivity contribution in [2.24, 2.45) is 0 Å². The zero-order chi connectivity index (χ0) is 13.8. The molecular weight excluding hydrogens is 234 g/mol. The number of hydrogen-bond acceptors (Lipinski definition) is 3. The summed E-state index contributed by atoms with van der Waals surface area (Å²) < 4.78 is 11.5. The summed E-state index contributed by atoms with van der Waals surface area (Å²) >= 11 is 0. The second-order valence-electron chi connectivity index (χ2n) is 5.03. The summed E-state index contributed by atoms with van der Waals surface area (Å²) in [6, 6.07) is 4.58. The maximum atomic E-state index is 10.9. The summed E-state index contributed by atoms with van der Waals surface area (Å²) in [7, 11) is 7.72. The van der Waals surface area contributed by atoms with Crippen LogP contribution in [-0.4, -0.2) is 57.0 Å². The third kappa shape index (κ3) is 4.25. The van der Waals surface area contributed by atoms with Crippen LogP contribution in [0.1, 0.15) is 10.4 Å². The highest BCUT2D eigenvalue weighted by Gasteiger charge is 2.12. The summed E-state index contributed by atoms with van der Waals surface area (Å²) in [5.41, 5.74) is 0.191. The highest BCUT2D eigenvalue weighted by atomic mass is 16.5. The number of carboxylic acids is 1. The summed E-state index contributed by atoms with van der Waals surface area (Å²) in [6.07, 6.45) is 0. The second kappa shape index (κ2) is 5.73. The van der Waals surface area contributed by atoms with E-state index in [-0.39, 0.29) is 5.56 Å². The Morgan fingerprint density at radius 3 is 2.44 bits per heavy atom. The van der Waals surface area contributed by atoms with Crippen LogP contribution in [0.3, 0.4) is 0 Å². The number of quaternary nitrogens is 1. The van der Waals surface area contributed by atoms with Crippen molar-refractivity contribution in [1.29, 1.82) is 0 Å². The molecule has 0 fully saturated rings. The number of aromatic carboxylic acids is 1. The fourth-order valence-corrected chi connectivity index (χ4v) is 1.35. The molecule has 1 aromatic carbocycles. The van der Waals surface area contributed by atoms with Gasteiger partial charge >= 0.3 is 5.97 Å². The molecule has 0 bridgehead atoms. The van der Waals surface area contributed by atoms with Gasteiger partial charge in [-0.1, -0.05) is 0 Å². The molecule has 0 amide bonds. The molecule has 18 heavy (non-hydrogen) atoms. The number of carbonyl (C=O) groups is 1. The standard InChI is InChI=1S/C13H19NO4/c1-14(2,3)7-8-18-12-9-10(13(15)16)5-6-11(12)17-4/h5-6,9H,7-8H2,1-4H3/p+1. The molecule has 0 aromatic heterocycles. The molecule has 5 nitrogen and oxygen atoms in total. The maximum absolute atomic E-state index is 10.9. The van der Waals surface area contributed by atoms with Gasteiger partial charge in [0, 0.05) is 0 Å². The summed E-state index contributed by atoms with van der Waals surface area (Å²) in [6.45, 7) is 1.32. The van der Waals surface area contributed by atoms with Gasteiger partial charge in [-0.3, -0.25) is 0 Å². The molecule has 0 saturated heterocycles. The van der Waals surface area contributed by atoms with E-state index < -0.39 is 5.97 Å². The first-order valence-corrected chi connectivity index (χ1v) is 5.68. The normalized spacial score (nSPS) is 11.1. The van der Waals surface area contributed by atoms with Crippen LogP contribution >= 0.6 is 0 Å². The Hall–Kier alpha value is -1.75. The Kier molecular flexibility index (Phi) is 4.55. The van der Waals surface area contributed by atoms with Crippen molar-refractivity contribution in [3.8, 4) is 11.5 Å². The topological polar surface area (TPSA) is 55.8 Å². The molecule has 0 spiro atoms. The molecule has 0 saturated carbocycles. The van der Waals surface area contributed by atoms with Gasteiger partial charge in [0.1, 0.15) is 13.2 Å². The SMILES string of the molecule is COc1ccc(C(=O)O)cc1OCC[N+](C)(C)C. The van der Waals surface area contributed by atoms with Crippen LogP contribution in [0.25, 0.3) is 0 Å². The van der Waals surface area contributed by atoms with E-state index >= 15 is 0 Å². The van der Waals surface area contributed by atoms with Gasteiger partial charge < -0.3 is 19.1 Å². The van der Waals surface area contributed by atoms with E-state index in [1.165, 1.54) is 19.2 Å². The predicted octanol–water partition coefficient (Wildman–Crippen LogP) is 1.48. The molecule has 0 atom stereocenters. The van der Waals surface area contributed by atoms with Gasteiger partial charge in [0.2, 0.25) is 0 Å². The minimum absolute atomic E-state index is 0.191. The van der Waals surface area contributed by atoms with Crippen LogP contribution in [-0.2, 0) is 0 Å². The maximum Gasteiger partial charge on any atom is 0.335 e. The fraction of sp³-hybridized carbons (Fsp3) is 0.462. The highest BCUT2D eigenvalue weighted by Crippen LogP contribution is 2.28. The van der Waals surface area contributed by atoms with Crippen LogP contribution in [0.4, 0.5) is 0 Å². The fourth-order valence-electron chi connectivity index (χ4n) is 1.35. The van der Waals surface area contributed by atoms with Gasteiger partial charge in [-0.2, -0.15) is 0 Å². The van der Waals surface area contributed by atoms with Gasteiger partial charge in [0.05, 0.1) is 33.8 Å². The summed E-state index contributed by atoms with van der Waals surface area (Å²) in [5.74, 6) is 0.0290. The van der Waals surface area contributed by atoms with Crippen molar-refractivity contribution in [3.05, 3.63) is 23.8 Å². The van der Waals surface area contributed by atoms with Gasteiger partial charge in [-0.15, -0.1) is 0 Å². The molecule has 5 heteroatoms. The molecule has 100 valence electrons. The van der Waals surface area contributed by atoms with Crippen LogP contribution in [0, 0.1) is 0 Å². The lowest BCUT2D eigenvalue weighted by Crippen LogP contribution is -2.38. The zero-order valence-electron chi connectivity index (χ0n) is 11.3. The first-order valence-electron chi connectivity index (χ1n) is 5.68. The van der Waals surface area contributed by atoms with Crippen molar-refractivity contribution in [2.75, 3.05) is 41.4 Å². The molecule has 1 N–H and O–H groups in total. The molecule has 0 aliphatic rings. The lowest BCUT2D eigenvalue weighted by atomic mass is 10.2. The van der Waals surface area contributed by atoms with E-state index in [9.17, 15) is 4.79 Å². The summed E-state index contributed by atoms with van der Waals surface area (Å²) in [5, 5.41) is 8.93. The minimum Gasteiger partial charge on any atom is -0.493 e. The molecular formula is C13H20NO4+. The van der Waals surface area contributed by atoms with E-state index in [0.717, 1.165) is 11.0 Å². The Morgan fingerprint density at radius 1 is 1.28 bits per heavy atom. The monoisotopic (exact) mass is 254 g/mol. The lowest BCUT2D eigenvalue weighted by Gasteiger charge is -2.23. The van der Waals surface area contributed by atoms with Gasteiger partial charge in [-0.05, 0) is 18.2 Å². The van der Waals surface area contributed by atoms with Crippen LogP contribution in [0.2, 0.25) is 0 Å². The van der Waals surface area contributed by atoms with E-state index in [4.69, 9.17) is 14.6 Å². The second-order valence-corrected chi connectivity index (χ2v) is 5.03. The smallest absolute Gasteiger partial charge is 0.335 e. The Bertz CT molecular complexity index is 423. The highest BCUT2D eigenvalue weighted by molar-refractivity contribution is 5.88. The lowest BCUT2D eigenvalue weighted by molar-refractivity contribution is -0.870. The van der Waals surface area contributed by atoms with E-state index in [0.29, 0.717) is 18.1 Å². The molecule has 0 unspecified atom stereocenters. The molecule has 0 heterocycles. The van der Waals surface area contributed by atoms with Gasteiger partial charge in [-0.25, -0.2) is 4.79 Å². The number of rotatable bonds is 6. The average Bonchev–Trinajstić information content (AvgIpc) is 2.27. The number of carboxylic acid groups (broad SMARTS) is 1. The average molecular weight is 254 g/mol. The molecule has 0 radical (unpaired) electrons. The quantitative estimate of drug-likeness (QED) is 0.781.